The Bertz CT molecular complexity index is 611. The summed E-state index contributed by atoms with van der Waals surface area (Å²) in [5.41, 5.74) is 1.08. The maximum Gasteiger partial charge on any atom is 0.0744 e. The number of hydrogen-bond acceptors (Lipinski definition) is 1. The Morgan fingerprint density at radius 1 is 0.917 bits per heavy atom. The van der Waals surface area contributed by atoms with Crippen molar-refractivity contribution in [3.63, 3.8) is 0 Å². The Hall–Kier alpha value is -0.719. The molecule has 0 aliphatic carbocycles. The van der Waals surface area contributed by atoms with Crippen LogP contribution < -0.4 is 0 Å². The molecular formula is C20H35OSi3-. The number of benzene rings is 1. The second-order valence-corrected chi connectivity index (χ2v) is 27.3. The molecule has 134 valence electrons. The van der Waals surface area contributed by atoms with Gasteiger partial charge in [0.05, 0.1) is 8.07 Å². The lowest BCUT2D eigenvalue weighted by Gasteiger charge is -2.49. The summed E-state index contributed by atoms with van der Waals surface area (Å²) in [6, 6.07) is 10.8. The quantitative estimate of drug-likeness (QED) is 0.582. The van der Waals surface area contributed by atoms with E-state index in [1.807, 2.05) is 0 Å². The summed E-state index contributed by atoms with van der Waals surface area (Å²) in [7, 11) is -4.33. The maximum atomic E-state index is 13.4. The van der Waals surface area contributed by atoms with Crippen molar-refractivity contribution in [2.24, 2.45) is 5.41 Å². The zero-order chi connectivity index (χ0) is 18.9. The van der Waals surface area contributed by atoms with Gasteiger partial charge in [-0.1, -0.05) is 110 Å². The van der Waals surface area contributed by atoms with Gasteiger partial charge in [0.25, 0.3) is 0 Å². The summed E-state index contributed by atoms with van der Waals surface area (Å²) in [4.78, 5) is 13.4. The van der Waals surface area contributed by atoms with Crippen molar-refractivity contribution < 1.29 is 4.79 Å². The van der Waals surface area contributed by atoms with E-state index < -0.39 is 24.0 Å². The minimum Gasteiger partial charge on any atom is -0.340 e. The summed E-state index contributed by atoms with van der Waals surface area (Å²) in [6.45, 7) is 22.9. The molecule has 0 N–H and O–H groups in total. The van der Waals surface area contributed by atoms with E-state index in [9.17, 15) is 4.79 Å². The van der Waals surface area contributed by atoms with Crippen LogP contribution in [0, 0.1) is 5.41 Å². The highest BCUT2D eigenvalue weighted by Crippen LogP contribution is 2.34. The minimum atomic E-state index is -1.58. The summed E-state index contributed by atoms with van der Waals surface area (Å²) in [5.74, 6) is 0. The molecule has 1 nitrogen and oxygen atoms in total. The van der Waals surface area contributed by atoms with E-state index in [0.717, 1.165) is 0 Å². The molecule has 0 aromatic heterocycles. The van der Waals surface area contributed by atoms with Gasteiger partial charge in [-0.05, 0) is 16.4 Å². The van der Waals surface area contributed by atoms with Crippen LogP contribution in [0.5, 0.6) is 0 Å². The molecule has 0 radical (unpaired) electrons. The summed E-state index contributed by atoms with van der Waals surface area (Å²) < 4.78 is 0. The van der Waals surface area contributed by atoms with Gasteiger partial charge in [-0.2, -0.15) is 0 Å². The number of allylic oxidation sites excluding steroid dienone is 1. The van der Waals surface area contributed by atoms with E-state index in [0.29, 0.717) is 5.41 Å². The number of carbonyl (C=O) groups is 1. The van der Waals surface area contributed by atoms with E-state index in [2.05, 4.69) is 97.3 Å². The molecule has 0 unspecified atom stereocenters. The van der Waals surface area contributed by atoms with Gasteiger partial charge in [-0.3, -0.25) is 0 Å². The van der Waals surface area contributed by atoms with Gasteiger partial charge in [0.15, 0.2) is 0 Å². The Balaban J connectivity index is 3.69. The molecule has 1 aromatic carbocycles. The van der Waals surface area contributed by atoms with Crippen molar-refractivity contribution in [2.45, 2.75) is 67.0 Å². The summed E-state index contributed by atoms with van der Waals surface area (Å²) >= 11 is 0. The first-order valence-corrected chi connectivity index (χ1v) is 18.4. The number of rotatable bonds is 5. The second kappa shape index (κ2) is 7.26. The van der Waals surface area contributed by atoms with Crippen LogP contribution in [0.25, 0.3) is 5.20 Å². The highest BCUT2D eigenvalue weighted by atomic mass is 29.2. The highest BCUT2D eigenvalue weighted by molar-refractivity contribution is 7.45. The Morgan fingerprint density at radius 2 is 1.38 bits per heavy atom. The number of hydrogen-bond donors (Lipinski definition) is 0. The van der Waals surface area contributed by atoms with Gasteiger partial charge >= 0.3 is 0 Å². The van der Waals surface area contributed by atoms with Crippen LogP contribution in [0.2, 0.25) is 39.3 Å². The molecule has 1 rings (SSSR count). The lowest BCUT2D eigenvalue weighted by molar-refractivity contribution is -0.118. The van der Waals surface area contributed by atoms with Crippen LogP contribution in [0.15, 0.2) is 35.5 Å². The monoisotopic (exact) mass is 375 g/mol. The third kappa shape index (κ3) is 5.14. The van der Waals surface area contributed by atoms with Crippen molar-refractivity contribution in [1.29, 1.82) is 0 Å². The lowest BCUT2D eigenvalue weighted by atomic mass is 9.99. The lowest BCUT2D eigenvalue weighted by Crippen LogP contribution is -2.55. The molecule has 0 heterocycles. The molecule has 0 fully saturated rings. The average molecular weight is 376 g/mol. The van der Waals surface area contributed by atoms with E-state index in [-0.39, 0.29) is 5.41 Å². The second-order valence-electron chi connectivity index (χ2n) is 9.82. The summed E-state index contributed by atoms with van der Waals surface area (Å²) in [5, 5.41) is 3.46. The van der Waals surface area contributed by atoms with E-state index in [4.69, 9.17) is 0 Å². The molecule has 0 atom stereocenters. The van der Waals surface area contributed by atoms with Gasteiger partial charge in [-0.15, -0.1) is 0 Å². The van der Waals surface area contributed by atoms with E-state index in [1.54, 1.807) is 0 Å². The smallest absolute Gasteiger partial charge is 0.0744 e. The third-order valence-corrected chi connectivity index (χ3v) is 16.6. The van der Waals surface area contributed by atoms with Crippen LogP contribution in [0.3, 0.4) is 0 Å². The Kier molecular flexibility index (Phi) is 6.45. The fourth-order valence-corrected chi connectivity index (χ4v) is 17.6. The van der Waals surface area contributed by atoms with Crippen molar-refractivity contribution in [1.82, 2.24) is 0 Å². The predicted molar refractivity (Wildman–Crippen MR) is 116 cm³/mol. The van der Waals surface area contributed by atoms with Gasteiger partial charge in [-0.25, -0.2) is 13.5 Å². The first-order chi connectivity index (χ1) is 10.7. The molecule has 4 heteroatoms. The Morgan fingerprint density at radius 3 is 1.71 bits per heavy atom. The molecule has 0 spiro atoms. The van der Waals surface area contributed by atoms with Crippen molar-refractivity contribution in [2.75, 3.05) is 0 Å². The molecule has 0 aliphatic heterocycles. The Labute approximate surface area is 153 Å². The SMILES string of the molecule is C/C(=C(/c1ccccc1)[Si](C)(C)C)[Si-](C(=O)C(C)(C)C)[Si](C)(C)C. The van der Waals surface area contributed by atoms with Crippen molar-refractivity contribution in [3.05, 3.63) is 41.1 Å². The van der Waals surface area contributed by atoms with Crippen LogP contribution in [0.1, 0.15) is 33.3 Å². The molecule has 24 heavy (non-hydrogen) atoms. The predicted octanol–water partition coefficient (Wildman–Crippen LogP) is 5.94. The van der Waals surface area contributed by atoms with Gasteiger partial charge in [0.1, 0.15) is 0 Å². The molecule has 0 amide bonds. The molecule has 0 bridgehead atoms. The van der Waals surface area contributed by atoms with Gasteiger partial charge in [0.2, 0.25) is 0 Å². The van der Waals surface area contributed by atoms with E-state index >= 15 is 0 Å². The molecule has 0 saturated heterocycles. The topological polar surface area (TPSA) is 17.1 Å². The molecule has 0 aliphatic rings. The van der Waals surface area contributed by atoms with Gasteiger partial charge in [0, 0.05) is 0 Å². The highest BCUT2D eigenvalue weighted by Gasteiger charge is 2.30. The van der Waals surface area contributed by atoms with Crippen molar-refractivity contribution in [3.8, 4) is 0 Å². The van der Waals surface area contributed by atoms with Gasteiger partial charge < -0.3 is 4.79 Å². The minimum absolute atomic E-state index is 0.253. The summed E-state index contributed by atoms with van der Waals surface area (Å²) in [6.07, 6.45) is 0. The van der Waals surface area contributed by atoms with Crippen LogP contribution in [-0.4, -0.2) is 29.4 Å². The van der Waals surface area contributed by atoms with Crippen LogP contribution in [0.4, 0.5) is 0 Å². The first-order valence-electron chi connectivity index (χ1n) is 8.86. The third-order valence-electron chi connectivity index (χ3n) is 4.22. The first kappa shape index (κ1) is 21.3. The van der Waals surface area contributed by atoms with Crippen LogP contribution in [-0.2, 0) is 4.79 Å². The van der Waals surface area contributed by atoms with Crippen LogP contribution >= 0.6 is 0 Å². The van der Waals surface area contributed by atoms with Crippen molar-refractivity contribution >= 4 is 34.6 Å². The largest absolute Gasteiger partial charge is 0.340 e. The standard InChI is InChI=1S/C20H35OSi3/c1-16(22(24(8,9)10)19(21)20(2,3)4)18(23(5,6)7)17-14-12-11-13-15-17/h11-15H,1-10H3/q-1/b18-16+. The molecule has 1 aromatic rings. The zero-order valence-electron chi connectivity index (χ0n) is 17.3. The number of carbonyl (C=O) groups excluding carboxylic acids is 1. The van der Waals surface area contributed by atoms with E-state index in [1.165, 1.54) is 16.0 Å². The fourth-order valence-electron chi connectivity index (χ4n) is 3.39. The fraction of sp³-hybridized carbons (Fsp3) is 0.550. The maximum absolute atomic E-state index is 13.4. The molecule has 0 saturated carbocycles. The molecular weight excluding hydrogens is 340 g/mol. The zero-order valence-corrected chi connectivity index (χ0v) is 20.3. The average Bonchev–Trinajstić information content (AvgIpc) is 2.35. The normalized spacial score (nSPS) is 14.2.